The number of thioether (sulfide) groups is 1. The number of rotatable bonds is 7. The van der Waals surface area contributed by atoms with Crippen LogP contribution in [0.5, 0.6) is 11.5 Å². The number of Topliss-reactive ketones (excluding diaryl/α,β-unsaturated/α-hetero) is 1. The van der Waals surface area contributed by atoms with Crippen LogP contribution >= 0.6 is 23.1 Å². The number of esters is 1. The summed E-state index contributed by atoms with van der Waals surface area (Å²) in [5.41, 5.74) is 3.20. The van der Waals surface area contributed by atoms with Gasteiger partial charge in [0.25, 0.3) is 5.78 Å². The van der Waals surface area contributed by atoms with E-state index in [1.807, 2.05) is 31.2 Å². The number of aliphatic hydroxyl groups excluding tert-OH is 1. The van der Waals surface area contributed by atoms with Crippen molar-refractivity contribution in [1.82, 2.24) is 10.2 Å². The smallest absolute Gasteiger partial charge is 0.337 e. The number of ketones is 1. The molecule has 1 aromatic heterocycles. The van der Waals surface area contributed by atoms with Crippen molar-refractivity contribution >= 4 is 51.6 Å². The molecule has 6 rings (SSSR count). The predicted octanol–water partition coefficient (Wildman–Crippen LogP) is 5.32. The van der Waals surface area contributed by atoms with Gasteiger partial charge in [-0.25, -0.2) is 4.79 Å². The number of methoxy groups -OCH3 is 1. The fraction of sp³-hybridized carbons (Fsp3) is 0.194. The highest BCUT2D eigenvalue weighted by molar-refractivity contribution is 8.00. The van der Waals surface area contributed by atoms with Gasteiger partial charge in [-0.05, 0) is 48.4 Å². The number of aromatic nitrogens is 2. The summed E-state index contributed by atoms with van der Waals surface area (Å²) >= 11 is 2.64. The zero-order chi connectivity index (χ0) is 30.1. The number of amides is 1. The number of fused-ring (bicyclic) bond motifs is 1. The molecule has 1 saturated heterocycles. The van der Waals surface area contributed by atoms with Crippen molar-refractivity contribution in [3.8, 4) is 11.5 Å². The first-order chi connectivity index (χ1) is 20.8. The molecule has 2 aliphatic rings. The number of nitrogens with zero attached hydrogens (tertiary/aromatic N) is 3. The minimum absolute atomic E-state index is 0.128. The molecule has 3 heterocycles. The van der Waals surface area contributed by atoms with Crippen LogP contribution < -0.4 is 14.4 Å². The SMILES string of the molecule is COC(=O)c1ccc(C2C(=C(O)c3ccc4c(c3)OCCO4)C(=O)C(=O)N2c2nnc(SCc3ccc(C)cc3)s2)cc1. The van der Waals surface area contributed by atoms with Crippen LogP contribution in [0, 0.1) is 6.92 Å². The first kappa shape index (κ1) is 28.4. The van der Waals surface area contributed by atoms with Crippen molar-refractivity contribution in [2.24, 2.45) is 0 Å². The van der Waals surface area contributed by atoms with Crippen molar-refractivity contribution in [1.29, 1.82) is 0 Å². The number of aryl methyl sites for hydroxylation is 1. The highest BCUT2D eigenvalue weighted by atomic mass is 32.2. The molecule has 3 aromatic carbocycles. The lowest BCUT2D eigenvalue weighted by molar-refractivity contribution is -0.132. The molecule has 2 aliphatic heterocycles. The third kappa shape index (κ3) is 5.58. The second-order valence-corrected chi connectivity index (χ2v) is 11.9. The topological polar surface area (TPSA) is 128 Å². The number of hydrogen-bond donors (Lipinski definition) is 1. The van der Waals surface area contributed by atoms with E-state index in [-0.39, 0.29) is 22.0 Å². The van der Waals surface area contributed by atoms with E-state index >= 15 is 0 Å². The Bertz CT molecular complexity index is 1750. The Balaban J connectivity index is 1.39. The van der Waals surface area contributed by atoms with Crippen molar-refractivity contribution in [2.75, 3.05) is 25.2 Å². The van der Waals surface area contributed by atoms with Crippen LogP contribution in [0.25, 0.3) is 5.76 Å². The molecule has 0 aliphatic carbocycles. The van der Waals surface area contributed by atoms with Gasteiger partial charge in [-0.2, -0.15) is 0 Å². The summed E-state index contributed by atoms with van der Waals surface area (Å²) in [4.78, 5) is 40.4. The lowest BCUT2D eigenvalue weighted by atomic mass is 9.94. The molecule has 1 atom stereocenters. The summed E-state index contributed by atoms with van der Waals surface area (Å²) in [6.07, 6.45) is 0. The first-order valence-corrected chi connectivity index (χ1v) is 15.1. The second kappa shape index (κ2) is 11.9. The van der Waals surface area contributed by atoms with Gasteiger partial charge in [0.05, 0.1) is 24.3 Å². The van der Waals surface area contributed by atoms with Crippen LogP contribution in [-0.2, 0) is 20.1 Å². The zero-order valence-corrected chi connectivity index (χ0v) is 24.7. The van der Waals surface area contributed by atoms with Crippen molar-refractivity contribution in [3.05, 3.63) is 100 Å². The fourth-order valence-electron chi connectivity index (χ4n) is 4.80. The summed E-state index contributed by atoms with van der Waals surface area (Å²) < 4.78 is 16.6. The molecule has 0 spiro atoms. The van der Waals surface area contributed by atoms with Crippen molar-refractivity contribution in [3.63, 3.8) is 0 Å². The molecule has 4 aromatic rings. The van der Waals surface area contributed by atoms with Crippen molar-refractivity contribution in [2.45, 2.75) is 23.1 Å². The monoisotopic (exact) mass is 615 g/mol. The molecule has 0 radical (unpaired) electrons. The molecule has 12 heteroatoms. The van der Waals surface area contributed by atoms with E-state index in [2.05, 4.69) is 10.2 Å². The summed E-state index contributed by atoms with van der Waals surface area (Å²) in [7, 11) is 1.28. The molecule has 1 fully saturated rings. The largest absolute Gasteiger partial charge is 0.507 e. The zero-order valence-electron chi connectivity index (χ0n) is 23.1. The van der Waals surface area contributed by atoms with Gasteiger partial charge in [0, 0.05) is 11.3 Å². The lowest BCUT2D eigenvalue weighted by Crippen LogP contribution is -2.29. The number of benzene rings is 3. The third-order valence-corrected chi connectivity index (χ3v) is 9.12. The van der Waals surface area contributed by atoms with E-state index in [0.717, 1.165) is 11.1 Å². The number of anilines is 1. The summed E-state index contributed by atoms with van der Waals surface area (Å²) in [5, 5.41) is 20.2. The highest BCUT2D eigenvalue weighted by Crippen LogP contribution is 2.45. The van der Waals surface area contributed by atoms with Gasteiger partial charge < -0.3 is 19.3 Å². The van der Waals surface area contributed by atoms with Crippen molar-refractivity contribution < 1.29 is 33.7 Å². The van der Waals surface area contributed by atoms with E-state index < -0.39 is 23.7 Å². The molecule has 218 valence electrons. The Morgan fingerprint density at radius 1 is 1.00 bits per heavy atom. The maximum atomic E-state index is 13.6. The van der Waals surface area contributed by atoms with Crippen LogP contribution in [-0.4, -0.2) is 53.3 Å². The number of carbonyl (C=O) groups is 3. The van der Waals surface area contributed by atoms with E-state index in [9.17, 15) is 19.5 Å². The molecule has 1 amide bonds. The number of hydrogen-bond acceptors (Lipinski definition) is 11. The molecule has 1 N–H and O–H groups in total. The van der Waals surface area contributed by atoms with Gasteiger partial charge in [-0.3, -0.25) is 14.5 Å². The molecule has 1 unspecified atom stereocenters. The summed E-state index contributed by atoms with van der Waals surface area (Å²) in [5.74, 6) is -1.05. The summed E-state index contributed by atoms with van der Waals surface area (Å²) in [6.45, 7) is 2.77. The van der Waals surface area contributed by atoms with Crippen LogP contribution in [0.15, 0.2) is 76.6 Å². The Morgan fingerprint density at radius 3 is 2.42 bits per heavy atom. The molecular formula is C31H25N3O7S2. The standard InChI is InChI=1S/C31H25N3O7S2/c1-17-3-5-18(6-4-17)16-42-31-33-32-30(43-31)34-25(19-7-9-20(10-8-19)29(38)39-2)24(27(36)28(34)37)26(35)21-11-12-22-23(15-21)41-14-13-40-22/h3-12,15,25,35H,13-14,16H2,1-2H3. The quantitative estimate of drug-likeness (QED) is 0.0728. The Kier molecular flexibility index (Phi) is 7.87. The minimum atomic E-state index is -1.04. The van der Waals surface area contributed by atoms with Gasteiger partial charge >= 0.3 is 11.9 Å². The average Bonchev–Trinajstić information content (AvgIpc) is 3.61. The molecule has 0 saturated carbocycles. The molecule has 0 bridgehead atoms. The molecule has 43 heavy (non-hydrogen) atoms. The average molecular weight is 616 g/mol. The van der Waals surface area contributed by atoms with E-state index in [1.54, 1.807) is 30.3 Å². The van der Waals surface area contributed by atoms with Crippen LogP contribution in [0.4, 0.5) is 5.13 Å². The fourth-order valence-corrected chi connectivity index (χ4v) is 6.62. The van der Waals surface area contributed by atoms with Crippen LogP contribution in [0.2, 0.25) is 0 Å². The normalized spacial score (nSPS) is 17.3. The Hall–Kier alpha value is -4.68. The predicted molar refractivity (Wildman–Crippen MR) is 161 cm³/mol. The minimum Gasteiger partial charge on any atom is -0.507 e. The van der Waals surface area contributed by atoms with Gasteiger partial charge in [-0.1, -0.05) is 65.1 Å². The number of aliphatic hydroxyl groups is 1. The second-order valence-electron chi connectivity index (χ2n) is 9.77. The Morgan fingerprint density at radius 2 is 1.70 bits per heavy atom. The van der Waals surface area contributed by atoms with Crippen LogP contribution in [0.1, 0.15) is 38.7 Å². The molecule has 10 nitrogen and oxygen atoms in total. The number of carbonyl (C=O) groups excluding carboxylic acids is 3. The highest BCUT2D eigenvalue weighted by Gasteiger charge is 2.48. The Labute approximate surface area is 254 Å². The first-order valence-electron chi connectivity index (χ1n) is 13.2. The molecular weight excluding hydrogens is 590 g/mol. The van der Waals surface area contributed by atoms with E-state index in [0.29, 0.717) is 45.9 Å². The number of ether oxygens (including phenoxy) is 3. The third-order valence-electron chi connectivity index (χ3n) is 6.99. The van der Waals surface area contributed by atoms with Crippen LogP contribution in [0.3, 0.4) is 0 Å². The lowest BCUT2D eigenvalue weighted by Gasteiger charge is -2.23. The van der Waals surface area contributed by atoms with E-state index in [1.165, 1.54) is 47.2 Å². The maximum Gasteiger partial charge on any atom is 0.337 e. The van der Waals surface area contributed by atoms with Gasteiger partial charge in [0.2, 0.25) is 5.13 Å². The van der Waals surface area contributed by atoms with Gasteiger partial charge in [-0.15, -0.1) is 10.2 Å². The van der Waals surface area contributed by atoms with Gasteiger partial charge in [0.1, 0.15) is 19.0 Å². The summed E-state index contributed by atoms with van der Waals surface area (Å²) in [6, 6.07) is 18.2. The van der Waals surface area contributed by atoms with Gasteiger partial charge in [0.15, 0.2) is 15.8 Å². The maximum absolute atomic E-state index is 13.6. The van der Waals surface area contributed by atoms with E-state index in [4.69, 9.17) is 14.2 Å².